The first kappa shape index (κ1) is 20.4. The second kappa shape index (κ2) is 8.62. The first-order chi connectivity index (χ1) is 16.2. The lowest BCUT2D eigenvalue weighted by Gasteiger charge is -2.34. The number of amides is 1. The average Bonchev–Trinajstić information content (AvgIpc) is 3.50. The van der Waals surface area contributed by atoms with Crippen molar-refractivity contribution < 1.29 is 4.79 Å². The van der Waals surface area contributed by atoms with Gasteiger partial charge in [-0.1, -0.05) is 54.6 Å². The zero-order valence-electron chi connectivity index (χ0n) is 19.0. The Morgan fingerprint density at radius 1 is 0.879 bits per heavy atom. The van der Waals surface area contributed by atoms with Crippen LogP contribution in [0.25, 0.3) is 11.4 Å². The summed E-state index contributed by atoms with van der Waals surface area (Å²) < 4.78 is 0. The maximum Gasteiger partial charge on any atom is 0.223 e. The summed E-state index contributed by atoms with van der Waals surface area (Å²) in [6.45, 7) is 1.75. The number of aromatic nitrogens is 2. The third kappa shape index (κ3) is 4.01. The van der Waals surface area contributed by atoms with Gasteiger partial charge in [-0.05, 0) is 56.1 Å². The van der Waals surface area contributed by atoms with Crippen molar-refractivity contribution in [3.63, 3.8) is 0 Å². The van der Waals surface area contributed by atoms with Gasteiger partial charge in [0.1, 0.15) is 5.82 Å². The van der Waals surface area contributed by atoms with Gasteiger partial charge < -0.3 is 10.2 Å². The third-order valence-electron chi connectivity index (χ3n) is 7.51. The fourth-order valence-electron chi connectivity index (χ4n) is 5.72. The minimum atomic E-state index is 0.0911. The minimum Gasteiger partial charge on any atom is -0.356 e. The number of nitrogens with zero attached hydrogens (tertiary/aromatic N) is 3. The van der Waals surface area contributed by atoms with E-state index in [1.807, 2.05) is 18.2 Å². The van der Waals surface area contributed by atoms with Gasteiger partial charge in [0.2, 0.25) is 5.91 Å². The molecule has 1 saturated heterocycles. The molecule has 168 valence electrons. The highest BCUT2D eigenvalue weighted by molar-refractivity contribution is 5.79. The lowest BCUT2D eigenvalue weighted by Crippen LogP contribution is -2.44. The standard InChI is InChI=1S/C28H30N4O/c33-28(29-23-17-21-9-4-5-10-22(21)18-23)20-13-15-32(16-14-20)27-24-11-6-12-25(24)30-26(31-27)19-7-2-1-3-8-19/h1-5,7-10,20,23H,6,11-18H2,(H,29,33). The highest BCUT2D eigenvalue weighted by Crippen LogP contribution is 2.33. The molecular weight excluding hydrogens is 408 g/mol. The number of carbonyl (C=O) groups excluding carboxylic acids is 1. The zero-order chi connectivity index (χ0) is 22.2. The second-order valence-electron chi connectivity index (χ2n) is 9.66. The van der Waals surface area contributed by atoms with E-state index in [4.69, 9.17) is 9.97 Å². The molecule has 0 unspecified atom stereocenters. The van der Waals surface area contributed by atoms with Crippen LogP contribution in [0.3, 0.4) is 0 Å². The molecule has 3 aliphatic rings. The number of hydrogen-bond acceptors (Lipinski definition) is 4. The van der Waals surface area contributed by atoms with Crippen molar-refractivity contribution in [2.75, 3.05) is 18.0 Å². The number of nitrogens with one attached hydrogen (secondary N) is 1. The smallest absolute Gasteiger partial charge is 0.223 e. The van der Waals surface area contributed by atoms with Crippen LogP contribution >= 0.6 is 0 Å². The number of piperidine rings is 1. The van der Waals surface area contributed by atoms with Gasteiger partial charge in [-0.25, -0.2) is 9.97 Å². The van der Waals surface area contributed by atoms with Crippen LogP contribution in [0, 0.1) is 5.92 Å². The van der Waals surface area contributed by atoms with Crippen LogP contribution in [0.15, 0.2) is 54.6 Å². The fourth-order valence-corrected chi connectivity index (χ4v) is 5.72. The molecule has 0 saturated carbocycles. The van der Waals surface area contributed by atoms with Gasteiger partial charge in [0.25, 0.3) is 0 Å². The topological polar surface area (TPSA) is 58.1 Å². The first-order valence-corrected chi connectivity index (χ1v) is 12.3. The third-order valence-corrected chi connectivity index (χ3v) is 7.51. The Bertz CT molecular complexity index is 1140. The van der Waals surface area contributed by atoms with E-state index in [1.165, 1.54) is 22.4 Å². The predicted molar refractivity (Wildman–Crippen MR) is 130 cm³/mol. The number of carbonyl (C=O) groups is 1. The summed E-state index contributed by atoms with van der Waals surface area (Å²) >= 11 is 0. The highest BCUT2D eigenvalue weighted by Gasteiger charge is 2.31. The van der Waals surface area contributed by atoms with Gasteiger partial charge in [-0.2, -0.15) is 0 Å². The van der Waals surface area contributed by atoms with E-state index in [0.29, 0.717) is 0 Å². The fraction of sp³-hybridized carbons (Fsp3) is 0.393. The van der Waals surface area contributed by atoms with Crippen molar-refractivity contribution >= 4 is 11.7 Å². The Morgan fingerprint density at radius 2 is 1.58 bits per heavy atom. The van der Waals surface area contributed by atoms with Crippen LogP contribution in [0.5, 0.6) is 0 Å². The molecule has 1 amide bonds. The Kier molecular flexibility index (Phi) is 5.33. The van der Waals surface area contributed by atoms with Crippen LogP contribution in [0.4, 0.5) is 5.82 Å². The summed E-state index contributed by atoms with van der Waals surface area (Å²) in [7, 11) is 0. The van der Waals surface area contributed by atoms with Gasteiger partial charge in [0.15, 0.2) is 5.82 Å². The maximum absolute atomic E-state index is 13.0. The van der Waals surface area contributed by atoms with Gasteiger partial charge >= 0.3 is 0 Å². The van der Waals surface area contributed by atoms with E-state index in [9.17, 15) is 4.79 Å². The molecule has 1 fully saturated rings. The normalized spacial score (nSPS) is 18.2. The monoisotopic (exact) mass is 438 g/mol. The summed E-state index contributed by atoms with van der Waals surface area (Å²) in [5, 5.41) is 3.34. The molecular formula is C28H30N4O. The molecule has 0 bridgehead atoms. The zero-order valence-corrected chi connectivity index (χ0v) is 19.0. The van der Waals surface area contributed by atoms with Gasteiger partial charge in [0.05, 0.1) is 0 Å². The van der Waals surface area contributed by atoms with E-state index < -0.39 is 0 Å². The van der Waals surface area contributed by atoms with Crippen molar-refractivity contribution in [3.05, 3.63) is 77.0 Å². The molecule has 2 aromatic carbocycles. The quantitative estimate of drug-likeness (QED) is 0.665. The highest BCUT2D eigenvalue weighted by atomic mass is 16.1. The first-order valence-electron chi connectivity index (χ1n) is 12.3. The Hall–Kier alpha value is -3.21. The molecule has 1 aliphatic heterocycles. The average molecular weight is 439 g/mol. The molecule has 5 nitrogen and oxygen atoms in total. The lowest BCUT2D eigenvalue weighted by atomic mass is 9.95. The lowest BCUT2D eigenvalue weighted by molar-refractivity contribution is -0.126. The van der Waals surface area contributed by atoms with Gasteiger partial charge in [-0.15, -0.1) is 0 Å². The number of benzene rings is 2. The summed E-state index contributed by atoms with van der Waals surface area (Å²) in [4.78, 5) is 25.3. The Morgan fingerprint density at radius 3 is 2.30 bits per heavy atom. The molecule has 1 aromatic heterocycles. The molecule has 6 rings (SSSR count). The van der Waals surface area contributed by atoms with E-state index in [1.54, 1.807) is 0 Å². The van der Waals surface area contributed by atoms with Crippen molar-refractivity contribution in [2.24, 2.45) is 5.92 Å². The largest absolute Gasteiger partial charge is 0.356 e. The molecule has 5 heteroatoms. The SMILES string of the molecule is O=C(NC1Cc2ccccc2C1)C1CCN(c2nc(-c3ccccc3)nc3c2CCC3)CC1. The number of fused-ring (bicyclic) bond motifs is 2. The summed E-state index contributed by atoms with van der Waals surface area (Å²) in [6, 6.07) is 19.1. The minimum absolute atomic E-state index is 0.0911. The van der Waals surface area contributed by atoms with Gasteiger partial charge in [0, 0.05) is 41.9 Å². The number of hydrogen-bond donors (Lipinski definition) is 1. The number of rotatable bonds is 4. The van der Waals surface area contributed by atoms with Crippen LogP contribution < -0.4 is 10.2 Å². The van der Waals surface area contributed by atoms with Gasteiger partial charge in [-0.3, -0.25) is 4.79 Å². The molecule has 0 radical (unpaired) electrons. The van der Waals surface area contributed by atoms with Crippen LogP contribution in [0.1, 0.15) is 41.6 Å². The van der Waals surface area contributed by atoms with Crippen molar-refractivity contribution in [2.45, 2.75) is 51.0 Å². The molecule has 0 atom stereocenters. The molecule has 1 N–H and O–H groups in total. The van der Waals surface area contributed by atoms with E-state index >= 15 is 0 Å². The summed E-state index contributed by atoms with van der Waals surface area (Å²) in [6.07, 6.45) is 6.91. The maximum atomic E-state index is 13.0. The molecule has 2 heterocycles. The number of aryl methyl sites for hydroxylation is 1. The molecule has 33 heavy (non-hydrogen) atoms. The predicted octanol–water partition coefficient (Wildman–Crippen LogP) is 4.13. The van der Waals surface area contributed by atoms with Crippen LogP contribution in [0.2, 0.25) is 0 Å². The molecule has 3 aromatic rings. The van der Waals surface area contributed by atoms with Crippen molar-refractivity contribution in [1.82, 2.24) is 15.3 Å². The number of anilines is 1. The van der Waals surface area contributed by atoms with E-state index in [-0.39, 0.29) is 17.9 Å². The van der Waals surface area contributed by atoms with Crippen molar-refractivity contribution in [1.29, 1.82) is 0 Å². The van der Waals surface area contributed by atoms with Crippen LogP contribution in [-0.2, 0) is 30.5 Å². The molecule has 0 spiro atoms. The summed E-state index contributed by atoms with van der Waals surface area (Å²) in [5.41, 5.74) is 6.36. The Balaban J connectivity index is 1.13. The summed E-state index contributed by atoms with van der Waals surface area (Å²) in [5.74, 6) is 2.24. The second-order valence-corrected chi connectivity index (χ2v) is 9.66. The van der Waals surface area contributed by atoms with Crippen LogP contribution in [-0.4, -0.2) is 35.0 Å². The van der Waals surface area contributed by atoms with E-state index in [0.717, 1.165) is 75.2 Å². The Labute approximate surface area is 195 Å². The van der Waals surface area contributed by atoms with Crippen molar-refractivity contribution in [3.8, 4) is 11.4 Å². The van der Waals surface area contributed by atoms with E-state index in [2.05, 4.69) is 46.6 Å². The molecule has 2 aliphatic carbocycles.